The van der Waals surface area contributed by atoms with E-state index in [9.17, 15) is 14.4 Å². The predicted octanol–water partition coefficient (Wildman–Crippen LogP) is 18.8. The summed E-state index contributed by atoms with van der Waals surface area (Å²) in [7, 11) is 0. The summed E-state index contributed by atoms with van der Waals surface area (Å²) in [4.78, 5) is 38.1. The van der Waals surface area contributed by atoms with Gasteiger partial charge in [0, 0.05) is 19.3 Å². The second kappa shape index (κ2) is 56.9. The molecule has 6 heteroatoms. The van der Waals surface area contributed by atoms with Crippen LogP contribution < -0.4 is 0 Å². The third-order valence-corrected chi connectivity index (χ3v) is 11.2. The van der Waals surface area contributed by atoms with E-state index >= 15 is 0 Å². The summed E-state index contributed by atoms with van der Waals surface area (Å²) in [5.41, 5.74) is 0. The Balaban J connectivity index is 4.56. The molecule has 1 atom stereocenters. The van der Waals surface area contributed by atoms with E-state index in [1.807, 2.05) is 24.3 Å². The first-order chi connectivity index (χ1) is 34.5. The fraction of sp³-hybridized carbons (Fsp3) is 0.578. The van der Waals surface area contributed by atoms with Crippen LogP contribution in [0.2, 0.25) is 0 Å². The molecule has 6 nitrogen and oxygen atoms in total. The lowest BCUT2D eigenvalue weighted by molar-refractivity contribution is -0.167. The highest BCUT2D eigenvalue weighted by Crippen LogP contribution is 2.13. The van der Waals surface area contributed by atoms with Crippen LogP contribution in [0.15, 0.2) is 146 Å². The second-order valence-electron chi connectivity index (χ2n) is 17.9. The highest BCUT2D eigenvalue weighted by Gasteiger charge is 2.19. The van der Waals surface area contributed by atoms with Crippen molar-refractivity contribution in [3.63, 3.8) is 0 Å². The molecular weight excluding hydrogens is 865 g/mol. The van der Waals surface area contributed by atoms with Crippen molar-refractivity contribution in [3.05, 3.63) is 146 Å². The predicted molar refractivity (Wildman–Crippen MR) is 302 cm³/mol. The lowest BCUT2D eigenvalue weighted by Gasteiger charge is -2.18. The van der Waals surface area contributed by atoms with E-state index in [4.69, 9.17) is 14.2 Å². The van der Waals surface area contributed by atoms with Gasteiger partial charge in [-0.1, -0.05) is 237 Å². The zero-order valence-electron chi connectivity index (χ0n) is 44.7. The molecule has 0 saturated carbocycles. The molecule has 70 heavy (non-hydrogen) atoms. The van der Waals surface area contributed by atoms with Crippen LogP contribution in [0.1, 0.15) is 220 Å². The molecule has 1 unspecified atom stereocenters. The normalized spacial score (nSPS) is 13.2. The van der Waals surface area contributed by atoms with Crippen molar-refractivity contribution < 1.29 is 28.6 Å². The Morgan fingerprint density at radius 3 is 1.06 bits per heavy atom. The van der Waals surface area contributed by atoms with Gasteiger partial charge in [0.1, 0.15) is 13.2 Å². The fourth-order valence-electron chi connectivity index (χ4n) is 7.07. The van der Waals surface area contributed by atoms with Gasteiger partial charge in [0.15, 0.2) is 6.10 Å². The second-order valence-corrected chi connectivity index (χ2v) is 17.9. The number of hydrogen-bond acceptors (Lipinski definition) is 6. The smallest absolute Gasteiger partial charge is 0.306 e. The van der Waals surface area contributed by atoms with Crippen LogP contribution in [0.5, 0.6) is 0 Å². The Kier molecular flexibility index (Phi) is 53.0. The van der Waals surface area contributed by atoms with Gasteiger partial charge in [-0.2, -0.15) is 0 Å². The minimum Gasteiger partial charge on any atom is -0.462 e. The maximum Gasteiger partial charge on any atom is 0.306 e. The number of allylic oxidation sites excluding steroid dienone is 24. The summed E-state index contributed by atoms with van der Waals surface area (Å²) in [5, 5.41) is 0. The lowest BCUT2D eigenvalue weighted by Crippen LogP contribution is -2.30. The third-order valence-electron chi connectivity index (χ3n) is 11.2. The van der Waals surface area contributed by atoms with Crippen molar-refractivity contribution in [1.82, 2.24) is 0 Å². The average molecular weight is 965 g/mol. The van der Waals surface area contributed by atoms with Gasteiger partial charge < -0.3 is 14.2 Å². The summed E-state index contributed by atoms with van der Waals surface area (Å²) in [6, 6.07) is 0. The van der Waals surface area contributed by atoms with Crippen LogP contribution in [0.3, 0.4) is 0 Å². The Morgan fingerprint density at radius 2 is 0.629 bits per heavy atom. The largest absolute Gasteiger partial charge is 0.462 e. The van der Waals surface area contributed by atoms with Crippen molar-refractivity contribution in [2.24, 2.45) is 0 Å². The number of unbranched alkanes of at least 4 members (excludes halogenated alkanes) is 18. The standard InChI is InChI=1S/C64H100O6/c1-4-7-10-13-16-19-22-25-28-30-32-34-36-39-42-45-48-51-54-57-63(66)69-60-61(59-68-62(65)56-53-50-47-44-41-38-35-27-24-21-18-15-12-9-6-3)70-64(67)58-55-52-49-46-43-40-37-33-31-29-26-23-20-17-14-11-8-5-2/h7,9-10,12,15-16,18-19,21,23-29,31-35,37,39,42,61H,4-6,8,11,13-14,17,20,22,30,36,38,40-41,43-60H2,1-3H3/b10-7-,12-9-,18-15-,19-16-,24-21-,26-23-,28-25-,31-29-,34-32-,35-27-,37-33-,42-39-. The number of hydrogen-bond donors (Lipinski definition) is 0. The van der Waals surface area contributed by atoms with E-state index in [-0.39, 0.29) is 37.5 Å². The first-order valence-electron chi connectivity index (χ1n) is 27.9. The van der Waals surface area contributed by atoms with Crippen LogP contribution in [-0.2, 0) is 28.6 Å². The molecule has 0 amide bonds. The van der Waals surface area contributed by atoms with E-state index in [1.54, 1.807) is 0 Å². The van der Waals surface area contributed by atoms with Gasteiger partial charge in [0.05, 0.1) is 0 Å². The van der Waals surface area contributed by atoms with Crippen molar-refractivity contribution >= 4 is 17.9 Å². The highest BCUT2D eigenvalue weighted by atomic mass is 16.6. The molecule has 0 aromatic heterocycles. The van der Waals surface area contributed by atoms with Gasteiger partial charge in [0.2, 0.25) is 0 Å². The Bertz CT molecular complexity index is 1580. The van der Waals surface area contributed by atoms with E-state index in [0.717, 1.165) is 148 Å². The van der Waals surface area contributed by atoms with Crippen molar-refractivity contribution in [3.8, 4) is 0 Å². The Morgan fingerprint density at radius 1 is 0.314 bits per heavy atom. The molecule has 0 spiro atoms. The van der Waals surface area contributed by atoms with E-state index in [1.165, 1.54) is 32.1 Å². The summed E-state index contributed by atoms with van der Waals surface area (Å²) >= 11 is 0. The molecule has 0 aromatic rings. The number of rotatable bonds is 48. The van der Waals surface area contributed by atoms with Gasteiger partial charge in [-0.05, 0) is 109 Å². The van der Waals surface area contributed by atoms with Crippen molar-refractivity contribution in [1.29, 1.82) is 0 Å². The summed E-state index contributed by atoms with van der Waals surface area (Å²) in [6.45, 7) is 6.29. The third kappa shape index (κ3) is 54.2. The number of carbonyl (C=O) groups is 3. The molecule has 0 saturated heterocycles. The molecule has 0 rings (SSSR count). The number of esters is 3. The summed E-state index contributed by atoms with van der Waals surface area (Å²) in [5.74, 6) is -0.997. The van der Waals surface area contributed by atoms with E-state index in [2.05, 4.69) is 142 Å². The molecule has 0 aliphatic carbocycles. The average Bonchev–Trinajstić information content (AvgIpc) is 3.36. The quantitative estimate of drug-likeness (QED) is 0.0199. The van der Waals surface area contributed by atoms with E-state index in [0.29, 0.717) is 12.8 Å². The monoisotopic (exact) mass is 965 g/mol. The van der Waals surface area contributed by atoms with Crippen LogP contribution in [0.25, 0.3) is 0 Å². The van der Waals surface area contributed by atoms with Crippen molar-refractivity contribution in [2.45, 2.75) is 226 Å². The molecular formula is C64H100O6. The topological polar surface area (TPSA) is 78.9 Å². The van der Waals surface area contributed by atoms with Crippen LogP contribution in [0.4, 0.5) is 0 Å². The zero-order valence-corrected chi connectivity index (χ0v) is 44.7. The minimum absolute atomic E-state index is 0.116. The molecule has 0 radical (unpaired) electrons. The maximum atomic E-state index is 12.9. The Hall–Kier alpha value is -4.71. The lowest BCUT2D eigenvalue weighted by atomic mass is 10.1. The number of ether oxygens (including phenoxy) is 3. The van der Waals surface area contributed by atoms with Crippen LogP contribution >= 0.6 is 0 Å². The minimum atomic E-state index is -0.820. The molecule has 0 aromatic carbocycles. The molecule has 0 fully saturated rings. The van der Waals surface area contributed by atoms with Gasteiger partial charge in [0.25, 0.3) is 0 Å². The van der Waals surface area contributed by atoms with Crippen LogP contribution in [0, 0.1) is 0 Å². The fourth-order valence-corrected chi connectivity index (χ4v) is 7.07. The molecule has 0 bridgehead atoms. The SMILES string of the molecule is CC\C=C/C=C\C=C/C=C\CCCCCCCC(=O)OCC(COC(=O)CCCCC/C=C\C/C=C\C/C=C\C/C=C\C/C=C\CC)OC(=O)CCCCCCC\C=C/C=C\C=C/CCCCCCC. The summed E-state index contributed by atoms with van der Waals surface area (Å²) < 4.78 is 16.8. The molecule has 0 aliphatic heterocycles. The number of carbonyl (C=O) groups excluding carboxylic acids is 3. The molecule has 0 N–H and O–H groups in total. The Labute approximate surface area is 429 Å². The first-order valence-corrected chi connectivity index (χ1v) is 27.9. The highest BCUT2D eigenvalue weighted by molar-refractivity contribution is 5.71. The van der Waals surface area contributed by atoms with Gasteiger partial charge >= 0.3 is 17.9 Å². The zero-order chi connectivity index (χ0) is 50.7. The first kappa shape index (κ1) is 65.3. The van der Waals surface area contributed by atoms with E-state index < -0.39 is 6.10 Å². The van der Waals surface area contributed by atoms with Gasteiger partial charge in [-0.3, -0.25) is 14.4 Å². The molecule has 0 aliphatic rings. The summed E-state index contributed by atoms with van der Waals surface area (Å²) in [6.07, 6.45) is 81.1. The van der Waals surface area contributed by atoms with Crippen LogP contribution in [-0.4, -0.2) is 37.2 Å². The van der Waals surface area contributed by atoms with Gasteiger partial charge in [-0.15, -0.1) is 0 Å². The van der Waals surface area contributed by atoms with Crippen molar-refractivity contribution in [2.75, 3.05) is 13.2 Å². The molecule has 392 valence electrons. The maximum absolute atomic E-state index is 12.9. The van der Waals surface area contributed by atoms with Gasteiger partial charge in [-0.25, -0.2) is 0 Å². The molecule has 0 heterocycles.